The smallest absolute Gasteiger partial charge is 0.141 e. The van der Waals surface area contributed by atoms with Crippen molar-refractivity contribution in [2.45, 2.75) is 6.42 Å². The molecule has 1 aromatic heterocycles. The van der Waals surface area contributed by atoms with Gasteiger partial charge in [-0.25, -0.2) is 4.98 Å². The van der Waals surface area contributed by atoms with Crippen molar-refractivity contribution in [2.75, 3.05) is 5.73 Å². The quantitative estimate of drug-likeness (QED) is 0.787. The molecule has 0 saturated carbocycles. The highest BCUT2D eigenvalue weighted by Gasteiger charge is 2.01. The van der Waals surface area contributed by atoms with Crippen LogP contribution in [-0.2, 0) is 6.42 Å². The zero-order valence-electron chi connectivity index (χ0n) is 11.0. The summed E-state index contributed by atoms with van der Waals surface area (Å²) in [5, 5.41) is 0. The Kier molecular flexibility index (Phi) is 3.42. The van der Waals surface area contributed by atoms with Gasteiger partial charge in [0.25, 0.3) is 0 Å². The molecule has 0 atom stereocenters. The second-order valence-corrected chi connectivity index (χ2v) is 4.69. The first-order valence-electron chi connectivity index (χ1n) is 6.52. The summed E-state index contributed by atoms with van der Waals surface area (Å²) in [7, 11) is 0. The largest absolute Gasteiger partial charge is 0.382 e. The molecule has 3 rings (SSSR count). The van der Waals surface area contributed by atoms with Crippen LogP contribution in [0.5, 0.6) is 0 Å². The maximum absolute atomic E-state index is 5.54. The molecule has 3 heteroatoms. The molecule has 2 N–H and O–H groups in total. The summed E-state index contributed by atoms with van der Waals surface area (Å²) < 4.78 is 0. The van der Waals surface area contributed by atoms with E-state index in [1.54, 1.807) is 12.4 Å². The van der Waals surface area contributed by atoms with Crippen LogP contribution in [0.2, 0.25) is 0 Å². The fourth-order valence-corrected chi connectivity index (χ4v) is 2.11. The number of nitrogen functional groups attached to an aromatic ring is 1. The Morgan fingerprint density at radius 1 is 0.750 bits per heavy atom. The van der Waals surface area contributed by atoms with Crippen LogP contribution in [0.15, 0.2) is 67.0 Å². The molecule has 1 heterocycles. The second kappa shape index (κ2) is 5.53. The van der Waals surface area contributed by atoms with Gasteiger partial charge in [-0.05, 0) is 17.5 Å². The molecule has 0 aliphatic rings. The van der Waals surface area contributed by atoms with Crippen LogP contribution in [-0.4, -0.2) is 9.97 Å². The molecule has 98 valence electrons. The van der Waals surface area contributed by atoms with E-state index in [1.165, 1.54) is 11.1 Å². The third-order valence-corrected chi connectivity index (χ3v) is 3.17. The fourth-order valence-electron chi connectivity index (χ4n) is 2.11. The number of hydrogen-bond donors (Lipinski definition) is 1. The zero-order chi connectivity index (χ0) is 13.8. The maximum atomic E-state index is 5.54. The second-order valence-electron chi connectivity index (χ2n) is 4.69. The van der Waals surface area contributed by atoms with E-state index in [1.807, 2.05) is 6.07 Å². The molecule has 20 heavy (non-hydrogen) atoms. The van der Waals surface area contributed by atoms with E-state index in [2.05, 4.69) is 58.5 Å². The Hall–Kier alpha value is -2.68. The molecular weight excluding hydrogens is 246 g/mol. The van der Waals surface area contributed by atoms with Crippen molar-refractivity contribution in [2.24, 2.45) is 0 Å². The van der Waals surface area contributed by atoms with Gasteiger partial charge in [0.1, 0.15) is 5.82 Å². The van der Waals surface area contributed by atoms with Crippen molar-refractivity contribution in [3.8, 4) is 11.3 Å². The first-order valence-corrected chi connectivity index (χ1v) is 6.52. The Bertz CT molecular complexity index is 674. The average molecular weight is 261 g/mol. The summed E-state index contributed by atoms with van der Waals surface area (Å²) >= 11 is 0. The van der Waals surface area contributed by atoms with Gasteiger partial charge in [0.2, 0.25) is 0 Å². The number of rotatable bonds is 3. The lowest BCUT2D eigenvalue weighted by atomic mass is 10.0. The minimum atomic E-state index is 0.439. The van der Waals surface area contributed by atoms with Crippen molar-refractivity contribution < 1.29 is 0 Å². The summed E-state index contributed by atoms with van der Waals surface area (Å²) in [6, 6.07) is 18.8. The Morgan fingerprint density at radius 2 is 1.45 bits per heavy atom. The summed E-state index contributed by atoms with van der Waals surface area (Å²) in [6.07, 6.45) is 4.21. The fraction of sp³-hybridized carbons (Fsp3) is 0.0588. The van der Waals surface area contributed by atoms with Crippen LogP contribution >= 0.6 is 0 Å². The highest BCUT2D eigenvalue weighted by molar-refractivity contribution is 5.59. The molecule has 0 aliphatic carbocycles. The van der Waals surface area contributed by atoms with Gasteiger partial charge in [-0.1, -0.05) is 54.6 Å². The molecule has 0 unspecified atom stereocenters. The molecule has 0 amide bonds. The molecule has 0 fully saturated rings. The van der Waals surface area contributed by atoms with Gasteiger partial charge in [0, 0.05) is 5.56 Å². The van der Waals surface area contributed by atoms with E-state index in [4.69, 9.17) is 5.73 Å². The van der Waals surface area contributed by atoms with Crippen LogP contribution in [0.4, 0.5) is 5.82 Å². The van der Waals surface area contributed by atoms with Crippen molar-refractivity contribution in [3.05, 3.63) is 78.1 Å². The predicted octanol–water partition coefficient (Wildman–Crippen LogP) is 3.32. The van der Waals surface area contributed by atoms with E-state index >= 15 is 0 Å². The number of aromatic nitrogens is 2. The molecule has 0 saturated heterocycles. The highest BCUT2D eigenvalue weighted by Crippen LogP contribution is 2.18. The Labute approximate surface area is 118 Å². The first kappa shape index (κ1) is 12.4. The number of hydrogen-bond acceptors (Lipinski definition) is 3. The molecule has 0 spiro atoms. The van der Waals surface area contributed by atoms with Gasteiger partial charge in [0.15, 0.2) is 0 Å². The average Bonchev–Trinajstić information content (AvgIpc) is 2.50. The first-order chi connectivity index (χ1) is 9.81. The molecule has 0 aliphatic heterocycles. The van der Waals surface area contributed by atoms with Gasteiger partial charge >= 0.3 is 0 Å². The van der Waals surface area contributed by atoms with Crippen LogP contribution in [0.25, 0.3) is 11.3 Å². The molecule has 0 bridgehead atoms. The van der Waals surface area contributed by atoms with Crippen molar-refractivity contribution in [1.82, 2.24) is 9.97 Å². The highest BCUT2D eigenvalue weighted by atomic mass is 14.9. The SMILES string of the molecule is Nc1cnc(-c2ccc(Cc3ccccc3)cc2)cn1. The van der Waals surface area contributed by atoms with Gasteiger partial charge in [-0.15, -0.1) is 0 Å². The summed E-state index contributed by atoms with van der Waals surface area (Å²) in [4.78, 5) is 8.34. The molecule has 0 radical (unpaired) electrons. The Morgan fingerprint density at radius 3 is 2.10 bits per heavy atom. The van der Waals surface area contributed by atoms with E-state index in [0.29, 0.717) is 5.82 Å². The van der Waals surface area contributed by atoms with E-state index in [-0.39, 0.29) is 0 Å². The van der Waals surface area contributed by atoms with Crippen LogP contribution in [0.3, 0.4) is 0 Å². The zero-order valence-corrected chi connectivity index (χ0v) is 11.0. The number of nitrogens with two attached hydrogens (primary N) is 1. The van der Waals surface area contributed by atoms with Crippen LogP contribution in [0, 0.1) is 0 Å². The summed E-state index contributed by atoms with van der Waals surface area (Å²) in [5.41, 5.74) is 10.0. The topological polar surface area (TPSA) is 51.8 Å². The molecule has 3 nitrogen and oxygen atoms in total. The van der Waals surface area contributed by atoms with Crippen molar-refractivity contribution in [1.29, 1.82) is 0 Å². The predicted molar refractivity (Wildman–Crippen MR) is 81.1 cm³/mol. The van der Waals surface area contributed by atoms with Gasteiger partial charge in [-0.3, -0.25) is 4.98 Å². The normalized spacial score (nSPS) is 10.4. The lowest BCUT2D eigenvalue weighted by molar-refractivity contribution is 1.18. The van der Waals surface area contributed by atoms with Crippen LogP contribution < -0.4 is 5.73 Å². The van der Waals surface area contributed by atoms with Crippen molar-refractivity contribution >= 4 is 5.82 Å². The lowest BCUT2D eigenvalue weighted by Gasteiger charge is -2.04. The lowest BCUT2D eigenvalue weighted by Crippen LogP contribution is -1.93. The van der Waals surface area contributed by atoms with E-state index in [0.717, 1.165) is 17.7 Å². The third-order valence-electron chi connectivity index (χ3n) is 3.17. The van der Waals surface area contributed by atoms with E-state index in [9.17, 15) is 0 Å². The summed E-state index contributed by atoms with van der Waals surface area (Å²) in [5.74, 6) is 0.439. The minimum Gasteiger partial charge on any atom is -0.382 e. The van der Waals surface area contributed by atoms with Gasteiger partial charge in [-0.2, -0.15) is 0 Å². The summed E-state index contributed by atoms with van der Waals surface area (Å²) in [6.45, 7) is 0. The molecule has 2 aromatic carbocycles. The molecular formula is C17H15N3. The van der Waals surface area contributed by atoms with E-state index < -0.39 is 0 Å². The maximum Gasteiger partial charge on any atom is 0.141 e. The number of nitrogens with zero attached hydrogens (tertiary/aromatic N) is 2. The van der Waals surface area contributed by atoms with Crippen LogP contribution in [0.1, 0.15) is 11.1 Å². The number of benzene rings is 2. The van der Waals surface area contributed by atoms with Gasteiger partial charge < -0.3 is 5.73 Å². The Balaban J connectivity index is 1.79. The molecule has 3 aromatic rings. The number of anilines is 1. The monoisotopic (exact) mass is 261 g/mol. The standard InChI is InChI=1S/C17H15N3/c18-17-12-19-16(11-20-17)15-8-6-14(7-9-15)10-13-4-2-1-3-5-13/h1-9,11-12H,10H2,(H2,18,20). The van der Waals surface area contributed by atoms with Crippen molar-refractivity contribution in [3.63, 3.8) is 0 Å². The third kappa shape index (κ3) is 2.83. The van der Waals surface area contributed by atoms with Gasteiger partial charge in [0.05, 0.1) is 18.1 Å². The minimum absolute atomic E-state index is 0.439.